The van der Waals surface area contributed by atoms with Crippen molar-refractivity contribution in [3.8, 4) is 0 Å². The monoisotopic (exact) mass is 246 g/mol. The van der Waals surface area contributed by atoms with E-state index < -0.39 is 0 Å². The van der Waals surface area contributed by atoms with Gasteiger partial charge in [-0.15, -0.1) is 0 Å². The molecule has 0 fully saturated rings. The van der Waals surface area contributed by atoms with Gasteiger partial charge in [0, 0.05) is 17.8 Å². The number of hydrogen-bond donors (Lipinski definition) is 1. The third-order valence-electron chi connectivity index (χ3n) is 1.46. The Bertz CT molecular complexity index is 274. The van der Waals surface area contributed by atoms with Crippen LogP contribution in [0, 0.1) is 0 Å². The van der Waals surface area contributed by atoms with Crippen molar-refractivity contribution in [1.29, 1.82) is 0 Å². The molecule has 5 heteroatoms. The van der Waals surface area contributed by atoms with Crippen molar-refractivity contribution < 1.29 is 31.1 Å². The van der Waals surface area contributed by atoms with Crippen molar-refractivity contribution in [2.75, 3.05) is 12.8 Å². The molecule has 0 saturated heterocycles. The van der Waals surface area contributed by atoms with Crippen LogP contribution in [0.4, 0.5) is 5.69 Å². The molecule has 0 aliphatic heterocycles. The molecule has 4 nitrogen and oxygen atoms in total. The molecule has 2 N–H and O–H groups in total. The summed E-state index contributed by atoms with van der Waals surface area (Å²) in [5.41, 5.74) is 6.14. The standard InChI is InChI=1S/C8H10N2O2.BrH/c1-12-8(11)6-10-4-2-7(9)3-5-10;/h2-5,9H,6H2,1H3;1H. The number of halogens is 1. The highest BCUT2D eigenvalue weighted by Crippen LogP contribution is 1.93. The van der Waals surface area contributed by atoms with Crippen LogP contribution >= 0.6 is 0 Å². The van der Waals surface area contributed by atoms with Gasteiger partial charge in [-0.3, -0.25) is 0 Å². The zero-order chi connectivity index (χ0) is 8.97. The van der Waals surface area contributed by atoms with Crippen LogP contribution in [-0.2, 0) is 16.1 Å². The summed E-state index contributed by atoms with van der Waals surface area (Å²) in [6.07, 6.45) is 3.46. The fourth-order valence-corrected chi connectivity index (χ4v) is 0.788. The molecule has 0 aliphatic rings. The minimum atomic E-state index is -0.273. The lowest BCUT2D eigenvalue weighted by Gasteiger charge is -1.95. The molecule has 0 atom stereocenters. The molecule has 1 heterocycles. The lowest BCUT2D eigenvalue weighted by Crippen LogP contribution is -3.00. The molecule has 0 unspecified atom stereocenters. The number of methoxy groups -OCH3 is 1. The SMILES string of the molecule is COC(=O)C[n+]1ccc(N)cc1.[Br-]. The van der Waals surface area contributed by atoms with E-state index in [1.807, 2.05) is 0 Å². The molecule has 0 bridgehead atoms. The van der Waals surface area contributed by atoms with Gasteiger partial charge in [0.2, 0.25) is 6.54 Å². The quantitative estimate of drug-likeness (QED) is 0.441. The number of nitrogens with two attached hydrogens (primary N) is 1. The summed E-state index contributed by atoms with van der Waals surface area (Å²) < 4.78 is 6.19. The predicted molar refractivity (Wildman–Crippen MR) is 43.1 cm³/mol. The van der Waals surface area contributed by atoms with E-state index in [1.165, 1.54) is 7.11 Å². The molecule has 0 radical (unpaired) electrons. The molecule has 72 valence electrons. The Kier molecular flexibility index (Phi) is 5.06. The first kappa shape index (κ1) is 11.9. The van der Waals surface area contributed by atoms with Crippen molar-refractivity contribution in [2.24, 2.45) is 0 Å². The van der Waals surface area contributed by atoms with Crippen LogP contribution in [-0.4, -0.2) is 13.1 Å². The van der Waals surface area contributed by atoms with Gasteiger partial charge < -0.3 is 27.5 Å². The number of rotatable bonds is 2. The number of hydrogen-bond acceptors (Lipinski definition) is 3. The fourth-order valence-electron chi connectivity index (χ4n) is 0.788. The number of nitrogen functional groups attached to an aromatic ring is 1. The van der Waals surface area contributed by atoms with Gasteiger partial charge in [-0.25, -0.2) is 4.79 Å². The van der Waals surface area contributed by atoms with E-state index in [-0.39, 0.29) is 29.5 Å². The highest BCUT2D eigenvalue weighted by Gasteiger charge is 2.07. The zero-order valence-electron chi connectivity index (χ0n) is 7.24. The second kappa shape index (κ2) is 5.53. The van der Waals surface area contributed by atoms with Crippen molar-refractivity contribution in [3.63, 3.8) is 0 Å². The van der Waals surface area contributed by atoms with E-state index in [0.29, 0.717) is 5.69 Å². The molecule has 0 aliphatic carbocycles. The second-order valence-corrected chi connectivity index (χ2v) is 2.38. The number of carbonyl (C=O) groups is 1. The maximum atomic E-state index is 10.8. The van der Waals surface area contributed by atoms with E-state index in [2.05, 4.69) is 4.74 Å². The van der Waals surface area contributed by atoms with Gasteiger partial charge in [-0.05, 0) is 0 Å². The van der Waals surface area contributed by atoms with Gasteiger partial charge in [0.1, 0.15) is 0 Å². The van der Waals surface area contributed by atoms with Gasteiger partial charge >= 0.3 is 5.97 Å². The van der Waals surface area contributed by atoms with Crippen LogP contribution in [0.25, 0.3) is 0 Å². The van der Waals surface area contributed by atoms with Gasteiger partial charge in [-0.1, -0.05) is 0 Å². The highest BCUT2D eigenvalue weighted by molar-refractivity contribution is 5.67. The smallest absolute Gasteiger partial charge is 0.372 e. The van der Waals surface area contributed by atoms with E-state index in [0.717, 1.165) is 0 Å². The Labute approximate surface area is 87.1 Å². The summed E-state index contributed by atoms with van der Waals surface area (Å²) in [7, 11) is 1.36. The lowest BCUT2D eigenvalue weighted by molar-refractivity contribution is -0.685. The number of ether oxygens (including phenoxy) is 1. The van der Waals surface area contributed by atoms with Gasteiger partial charge in [0.05, 0.1) is 7.11 Å². The first-order chi connectivity index (χ1) is 5.72. The number of pyridine rings is 1. The van der Waals surface area contributed by atoms with Crippen molar-refractivity contribution in [3.05, 3.63) is 24.5 Å². The number of carbonyl (C=O) groups excluding carboxylic acids is 1. The fraction of sp³-hybridized carbons (Fsp3) is 0.250. The van der Waals surface area contributed by atoms with Crippen molar-refractivity contribution >= 4 is 11.7 Å². The van der Waals surface area contributed by atoms with Crippen molar-refractivity contribution in [1.82, 2.24) is 0 Å². The summed E-state index contributed by atoms with van der Waals surface area (Å²) >= 11 is 0. The minimum Gasteiger partial charge on any atom is -1.00 e. The van der Waals surface area contributed by atoms with Crippen LogP contribution in [0.3, 0.4) is 0 Å². The average Bonchev–Trinajstić information content (AvgIpc) is 2.09. The predicted octanol–water partition coefficient (Wildman–Crippen LogP) is -3.27. The van der Waals surface area contributed by atoms with Gasteiger partial charge in [-0.2, -0.15) is 4.57 Å². The third kappa shape index (κ3) is 3.89. The normalized spacial score (nSPS) is 8.69. The Hall–Kier alpha value is -1.10. The molecule has 0 spiro atoms. The second-order valence-electron chi connectivity index (χ2n) is 2.38. The Morgan fingerprint density at radius 3 is 2.54 bits per heavy atom. The molecular weight excluding hydrogens is 236 g/mol. The minimum absolute atomic E-state index is 0. The highest BCUT2D eigenvalue weighted by atomic mass is 79.9. The first-order valence-electron chi connectivity index (χ1n) is 3.54. The third-order valence-corrected chi connectivity index (χ3v) is 1.46. The molecular formula is C8H11BrN2O2. The Balaban J connectivity index is 0.00000144. The first-order valence-corrected chi connectivity index (χ1v) is 3.54. The summed E-state index contributed by atoms with van der Waals surface area (Å²) in [5, 5.41) is 0. The Morgan fingerprint density at radius 1 is 1.54 bits per heavy atom. The average molecular weight is 247 g/mol. The van der Waals surface area contributed by atoms with E-state index >= 15 is 0 Å². The van der Waals surface area contributed by atoms with E-state index in [4.69, 9.17) is 5.73 Å². The van der Waals surface area contributed by atoms with Crippen molar-refractivity contribution in [2.45, 2.75) is 6.54 Å². The number of esters is 1. The molecule has 1 aromatic rings. The van der Waals surface area contributed by atoms with Crippen LogP contribution in [0.5, 0.6) is 0 Å². The molecule has 0 amide bonds. The lowest BCUT2D eigenvalue weighted by atomic mass is 10.4. The van der Waals surface area contributed by atoms with Gasteiger partial charge in [0.15, 0.2) is 12.4 Å². The van der Waals surface area contributed by atoms with Gasteiger partial charge in [0.25, 0.3) is 0 Å². The van der Waals surface area contributed by atoms with Crippen LogP contribution in [0.2, 0.25) is 0 Å². The zero-order valence-corrected chi connectivity index (χ0v) is 8.82. The van der Waals surface area contributed by atoms with Crippen LogP contribution in [0.1, 0.15) is 0 Å². The van der Waals surface area contributed by atoms with Crippen LogP contribution < -0.4 is 27.3 Å². The summed E-state index contributed by atoms with van der Waals surface area (Å²) in [5.74, 6) is -0.273. The summed E-state index contributed by atoms with van der Waals surface area (Å²) in [4.78, 5) is 10.8. The maximum absolute atomic E-state index is 10.8. The molecule has 0 aromatic carbocycles. The number of aromatic nitrogens is 1. The number of anilines is 1. The molecule has 1 aromatic heterocycles. The summed E-state index contributed by atoms with van der Waals surface area (Å²) in [6.45, 7) is 0.219. The van der Waals surface area contributed by atoms with Crippen LogP contribution in [0.15, 0.2) is 24.5 Å². The largest absolute Gasteiger partial charge is 1.00 e. The summed E-state index contributed by atoms with van der Waals surface area (Å²) in [6, 6.07) is 3.45. The molecule has 0 saturated carbocycles. The topological polar surface area (TPSA) is 56.2 Å². The van der Waals surface area contributed by atoms with E-state index in [9.17, 15) is 4.79 Å². The maximum Gasteiger partial charge on any atom is 0.372 e. The molecule has 13 heavy (non-hydrogen) atoms. The Morgan fingerprint density at radius 2 is 2.08 bits per heavy atom. The van der Waals surface area contributed by atoms with E-state index in [1.54, 1.807) is 29.1 Å². The molecule has 1 rings (SSSR count). The number of nitrogens with zero attached hydrogens (tertiary/aromatic N) is 1.